The van der Waals surface area contributed by atoms with Crippen LogP contribution in [-0.2, 0) is 4.74 Å². The predicted octanol–water partition coefficient (Wildman–Crippen LogP) is 1.65. The van der Waals surface area contributed by atoms with Gasteiger partial charge in [-0.3, -0.25) is 0 Å². The maximum Gasteiger partial charge on any atom is 0.153 e. The molecule has 1 aromatic heterocycles. The van der Waals surface area contributed by atoms with Gasteiger partial charge in [-0.1, -0.05) is 12.2 Å². The van der Waals surface area contributed by atoms with E-state index < -0.39 is 0 Å². The van der Waals surface area contributed by atoms with Gasteiger partial charge in [-0.05, 0) is 31.6 Å². The molecule has 2 atom stereocenters. The number of hydrogen-bond acceptors (Lipinski definition) is 5. The molecule has 5 heteroatoms. The van der Waals surface area contributed by atoms with E-state index >= 15 is 0 Å². The lowest BCUT2D eigenvalue weighted by atomic mass is 9.93. The van der Waals surface area contributed by atoms with Gasteiger partial charge in [0.25, 0.3) is 0 Å². The normalized spacial score (nSPS) is 26.1. The summed E-state index contributed by atoms with van der Waals surface area (Å²) in [6.45, 7) is 4.64. The minimum atomic E-state index is 0.289. The van der Waals surface area contributed by atoms with Gasteiger partial charge in [-0.25, -0.2) is 0 Å². The third-order valence-corrected chi connectivity index (χ3v) is 3.64. The van der Waals surface area contributed by atoms with Crippen LogP contribution < -0.4 is 10.6 Å². The van der Waals surface area contributed by atoms with Crippen molar-refractivity contribution in [3.05, 3.63) is 41.8 Å². The first-order valence-electron chi connectivity index (χ1n) is 7.09. The fraction of sp³-hybridized carbons (Fsp3) is 0.467. The predicted molar refractivity (Wildman–Crippen MR) is 78.3 cm³/mol. The minimum Gasteiger partial charge on any atom is -0.375 e. The van der Waals surface area contributed by atoms with E-state index in [9.17, 15) is 0 Å². The van der Waals surface area contributed by atoms with E-state index in [-0.39, 0.29) is 6.10 Å². The quantitative estimate of drug-likeness (QED) is 0.876. The molecule has 1 unspecified atom stereocenters. The number of anilines is 1. The Hall–Kier alpha value is -1.72. The van der Waals surface area contributed by atoms with Gasteiger partial charge in [-0.15, -0.1) is 5.10 Å². The van der Waals surface area contributed by atoms with Crippen LogP contribution in [0.4, 0.5) is 5.82 Å². The maximum atomic E-state index is 5.80. The average Bonchev–Trinajstić information content (AvgIpc) is 2.51. The molecule has 1 aliphatic carbocycles. The molecule has 5 nitrogen and oxygen atoms in total. The van der Waals surface area contributed by atoms with Gasteiger partial charge < -0.3 is 15.4 Å². The Balaban J connectivity index is 1.57. The molecular weight excluding hydrogens is 252 g/mol. The number of nitrogens with zero attached hydrogens (tertiary/aromatic N) is 2. The zero-order valence-corrected chi connectivity index (χ0v) is 11.7. The van der Waals surface area contributed by atoms with E-state index in [1.54, 1.807) is 0 Å². The Morgan fingerprint density at radius 3 is 2.95 bits per heavy atom. The number of allylic oxidation sites excluding steroid dienone is 2. The molecule has 0 aromatic carbocycles. The van der Waals surface area contributed by atoms with Crippen LogP contribution in [0.5, 0.6) is 0 Å². The topological polar surface area (TPSA) is 59.1 Å². The molecule has 0 radical (unpaired) electrons. The Bertz CT molecular complexity index is 503. The molecule has 0 saturated carbocycles. The highest BCUT2D eigenvalue weighted by Gasteiger charge is 2.23. The molecule has 1 aromatic rings. The fourth-order valence-corrected chi connectivity index (χ4v) is 2.48. The molecular formula is C15H20N4O. The van der Waals surface area contributed by atoms with Crippen molar-refractivity contribution in [1.29, 1.82) is 0 Å². The molecule has 0 bridgehead atoms. The summed E-state index contributed by atoms with van der Waals surface area (Å²) in [4.78, 5) is 0. The summed E-state index contributed by atoms with van der Waals surface area (Å²) in [5.74, 6) is 1.23. The van der Waals surface area contributed by atoms with Crippen molar-refractivity contribution in [3.8, 4) is 0 Å². The number of aromatic nitrogens is 2. The number of nitrogens with one attached hydrogen (secondary N) is 2. The second-order valence-electron chi connectivity index (χ2n) is 5.22. The van der Waals surface area contributed by atoms with Crippen LogP contribution >= 0.6 is 0 Å². The second-order valence-corrected chi connectivity index (χ2v) is 5.22. The number of rotatable bonds is 3. The summed E-state index contributed by atoms with van der Waals surface area (Å²) in [5.41, 5.74) is 1.99. The smallest absolute Gasteiger partial charge is 0.153 e. The van der Waals surface area contributed by atoms with Gasteiger partial charge in [0, 0.05) is 24.7 Å². The minimum absolute atomic E-state index is 0.289. The van der Waals surface area contributed by atoms with E-state index in [1.165, 1.54) is 0 Å². The third kappa shape index (κ3) is 3.23. The standard InChI is InChI=1S/C15H20N4O/c1-11-2-7-15(19-18-11)17-13-5-3-12(4-6-13)14-10-16-8-9-20-14/h2-3,5-7,12,14,16H,4,8-10H2,1H3,(H,17,19)/t12?,14-/m1/s1. The van der Waals surface area contributed by atoms with E-state index in [2.05, 4.69) is 39.1 Å². The first-order valence-corrected chi connectivity index (χ1v) is 7.09. The first kappa shape index (κ1) is 13.3. The number of morpholine rings is 1. The zero-order valence-electron chi connectivity index (χ0n) is 11.7. The summed E-state index contributed by atoms with van der Waals surface area (Å²) < 4.78 is 5.80. The van der Waals surface area contributed by atoms with Crippen molar-refractivity contribution in [2.45, 2.75) is 19.4 Å². The van der Waals surface area contributed by atoms with Gasteiger partial charge in [0.15, 0.2) is 5.82 Å². The molecule has 2 aliphatic rings. The second kappa shape index (κ2) is 6.15. The van der Waals surface area contributed by atoms with Crippen molar-refractivity contribution in [3.63, 3.8) is 0 Å². The van der Waals surface area contributed by atoms with Gasteiger partial charge in [-0.2, -0.15) is 5.10 Å². The van der Waals surface area contributed by atoms with Crippen molar-refractivity contribution in [2.24, 2.45) is 5.92 Å². The number of hydrogen-bond donors (Lipinski definition) is 2. The van der Waals surface area contributed by atoms with E-state index in [1.807, 2.05) is 19.1 Å². The van der Waals surface area contributed by atoms with E-state index in [0.29, 0.717) is 5.92 Å². The molecule has 1 saturated heterocycles. The zero-order chi connectivity index (χ0) is 13.8. The first-order chi connectivity index (χ1) is 9.81. The molecule has 0 spiro atoms. The van der Waals surface area contributed by atoms with Crippen molar-refractivity contribution in [1.82, 2.24) is 15.5 Å². The lowest BCUT2D eigenvalue weighted by Crippen LogP contribution is -2.42. The van der Waals surface area contributed by atoms with Gasteiger partial charge in [0.05, 0.1) is 18.4 Å². The highest BCUT2D eigenvalue weighted by molar-refractivity contribution is 5.45. The molecule has 2 N–H and O–H groups in total. The van der Waals surface area contributed by atoms with Crippen LogP contribution in [0.2, 0.25) is 0 Å². The largest absolute Gasteiger partial charge is 0.375 e. The Labute approximate surface area is 119 Å². The summed E-state index contributed by atoms with van der Waals surface area (Å²) in [7, 11) is 0. The maximum absolute atomic E-state index is 5.80. The van der Waals surface area contributed by atoms with E-state index in [4.69, 9.17) is 4.74 Å². The van der Waals surface area contributed by atoms with Crippen molar-refractivity contribution < 1.29 is 4.74 Å². The molecule has 1 aliphatic heterocycles. The lowest BCUT2D eigenvalue weighted by Gasteiger charge is -2.30. The van der Waals surface area contributed by atoms with Gasteiger partial charge in [0.2, 0.25) is 0 Å². The molecule has 20 heavy (non-hydrogen) atoms. The fourth-order valence-electron chi connectivity index (χ4n) is 2.48. The monoisotopic (exact) mass is 272 g/mol. The Kier molecular flexibility index (Phi) is 4.08. The van der Waals surface area contributed by atoms with Crippen LogP contribution in [0.3, 0.4) is 0 Å². The van der Waals surface area contributed by atoms with E-state index in [0.717, 1.165) is 43.3 Å². The number of ether oxygens (including phenoxy) is 1. The van der Waals surface area contributed by atoms with Crippen molar-refractivity contribution >= 4 is 5.82 Å². The van der Waals surface area contributed by atoms with Gasteiger partial charge in [0.1, 0.15) is 0 Å². The number of aryl methyl sites for hydroxylation is 1. The Morgan fingerprint density at radius 2 is 2.30 bits per heavy atom. The summed E-state index contributed by atoms with van der Waals surface area (Å²) >= 11 is 0. The molecule has 3 rings (SSSR count). The van der Waals surface area contributed by atoms with Gasteiger partial charge >= 0.3 is 0 Å². The van der Waals surface area contributed by atoms with Crippen LogP contribution in [-0.4, -0.2) is 36.0 Å². The third-order valence-electron chi connectivity index (χ3n) is 3.64. The van der Waals surface area contributed by atoms with Crippen LogP contribution in [0, 0.1) is 12.8 Å². The van der Waals surface area contributed by atoms with Crippen molar-refractivity contribution in [2.75, 3.05) is 25.0 Å². The molecule has 2 heterocycles. The van der Waals surface area contributed by atoms with Crippen LogP contribution in [0.1, 0.15) is 12.1 Å². The summed E-state index contributed by atoms with van der Waals surface area (Å²) in [5, 5.41) is 14.8. The van der Waals surface area contributed by atoms with Crippen LogP contribution in [0.25, 0.3) is 0 Å². The SMILES string of the molecule is Cc1ccc(NC2=CCC([C@H]3CNCCO3)C=C2)nn1. The Morgan fingerprint density at radius 1 is 1.35 bits per heavy atom. The molecule has 0 amide bonds. The van der Waals surface area contributed by atoms with Crippen LogP contribution in [0.15, 0.2) is 36.1 Å². The highest BCUT2D eigenvalue weighted by Crippen LogP contribution is 2.23. The average molecular weight is 272 g/mol. The highest BCUT2D eigenvalue weighted by atomic mass is 16.5. The summed E-state index contributed by atoms with van der Waals surface area (Å²) in [6.07, 6.45) is 7.81. The molecule has 106 valence electrons. The lowest BCUT2D eigenvalue weighted by molar-refractivity contribution is 0.00355. The summed E-state index contributed by atoms with van der Waals surface area (Å²) in [6, 6.07) is 3.89. The molecule has 1 fully saturated rings.